The predicted octanol–water partition coefficient (Wildman–Crippen LogP) is 2.60. The lowest BCUT2D eigenvalue weighted by Gasteiger charge is -2.08. The molecule has 3 rings (SSSR count). The number of nitrogens with zero attached hydrogens (tertiary/aromatic N) is 2. The molecule has 8 heteroatoms. The van der Waals surface area contributed by atoms with Crippen LogP contribution in [0.3, 0.4) is 0 Å². The first-order chi connectivity index (χ1) is 12.1. The van der Waals surface area contributed by atoms with Crippen molar-refractivity contribution in [2.75, 3.05) is 18.5 Å². The van der Waals surface area contributed by atoms with Gasteiger partial charge in [0.05, 0.1) is 11.4 Å². The molecule has 128 valence electrons. The average molecular weight is 356 g/mol. The average Bonchev–Trinajstić information content (AvgIpc) is 2.90. The van der Waals surface area contributed by atoms with Gasteiger partial charge in [0.15, 0.2) is 0 Å². The Balaban J connectivity index is 1.49. The Morgan fingerprint density at radius 2 is 2.04 bits per heavy atom. The second-order valence-electron chi connectivity index (χ2n) is 5.19. The maximum Gasteiger partial charge on any atom is 0.290 e. The molecule has 0 aliphatic carbocycles. The molecule has 0 unspecified atom stereocenters. The molecule has 25 heavy (non-hydrogen) atoms. The van der Waals surface area contributed by atoms with Crippen molar-refractivity contribution in [1.82, 2.24) is 15.3 Å². The molecule has 0 spiro atoms. The summed E-state index contributed by atoms with van der Waals surface area (Å²) < 4.78 is 5.66. The quantitative estimate of drug-likeness (QED) is 0.607. The van der Waals surface area contributed by atoms with E-state index in [-0.39, 0.29) is 11.1 Å². The van der Waals surface area contributed by atoms with Crippen LogP contribution < -0.4 is 15.4 Å². The van der Waals surface area contributed by atoms with E-state index in [1.165, 1.54) is 0 Å². The van der Waals surface area contributed by atoms with Gasteiger partial charge in [-0.25, -0.2) is 9.97 Å². The topological polar surface area (TPSA) is 93.2 Å². The normalized spacial score (nSPS) is 15.3. The van der Waals surface area contributed by atoms with Crippen molar-refractivity contribution >= 4 is 34.8 Å². The number of benzene rings is 1. The molecular weight excluding hydrogens is 340 g/mol. The summed E-state index contributed by atoms with van der Waals surface area (Å²) in [6.07, 6.45) is 3.38. The zero-order valence-electron chi connectivity index (χ0n) is 13.5. The maximum absolute atomic E-state index is 11.5. The minimum absolute atomic E-state index is 0.345. The Hall–Kier alpha value is -2.87. The number of imide groups is 1. The third-order valence-electron chi connectivity index (χ3n) is 3.27. The smallest absolute Gasteiger partial charge is 0.290 e. The van der Waals surface area contributed by atoms with E-state index < -0.39 is 0 Å². The van der Waals surface area contributed by atoms with E-state index >= 15 is 0 Å². The molecule has 0 radical (unpaired) electrons. The van der Waals surface area contributed by atoms with E-state index in [1.807, 2.05) is 31.2 Å². The number of aryl methyl sites for hydroxylation is 1. The van der Waals surface area contributed by atoms with Gasteiger partial charge in [0, 0.05) is 6.20 Å². The molecule has 1 aliphatic heterocycles. The fourth-order valence-corrected chi connectivity index (χ4v) is 2.82. The molecule has 1 fully saturated rings. The van der Waals surface area contributed by atoms with Crippen molar-refractivity contribution in [3.05, 3.63) is 52.8 Å². The number of rotatable bonds is 6. The molecule has 7 nitrogen and oxygen atoms in total. The zero-order chi connectivity index (χ0) is 17.6. The van der Waals surface area contributed by atoms with Crippen LogP contribution in [0.1, 0.15) is 11.4 Å². The summed E-state index contributed by atoms with van der Waals surface area (Å²) >= 11 is 0.900. The highest BCUT2D eigenvalue weighted by Gasteiger charge is 2.24. The lowest BCUT2D eigenvalue weighted by molar-refractivity contribution is -0.115. The van der Waals surface area contributed by atoms with Crippen LogP contribution in [0.25, 0.3) is 6.08 Å². The summed E-state index contributed by atoms with van der Waals surface area (Å²) in [5, 5.41) is 5.04. The van der Waals surface area contributed by atoms with Crippen molar-refractivity contribution in [3.63, 3.8) is 0 Å². The largest absolute Gasteiger partial charge is 0.492 e. The highest BCUT2D eigenvalue weighted by atomic mass is 32.2. The van der Waals surface area contributed by atoms with Crippen molar-refractivity contribution in [2.24, 2.45) is 0 Å². The molecule has 1 aliphatic rings. The fraction of sp³-hybridized carbons (Fsp3) is 0.176. The summed E-state index contributed by atoms with van der Waals surface area (Å²) in [4.78, 5) is 31.3. The Bertz CT molecular complexity index is 821. The molecule has 1 aromatic heterocycles. The van der Waals surface area contributed by atoms with Crippen LogP contribution in [0.2, 0.25) is 0 Å². The van der Waals surface area contributed by atoms with Crippen LogP contribution in [0.15, 0.2) is 41.4 Å². The number of ether oxygens (including phenoxy) is 1. The number of hydrogen-bond acceptors (Lipinski definition) is 7. The van der Waals surface area contributed by atoms with Gasteiger partial charge >= 0.3 is 0 Å². The van der Waals surface area contributed by atoms with Crippen LogP contribution in [-0.2, 0) is 4.79 Å². The highest BCUT2D eigenvalue weighted by Crippen LogP contribution is 2.26. The summed E-state index contributed by atoms with van der Waals surface area (Å²) in [6, 6.07) is 9.11. The highest BCUT2D eigenvalue weighted by molar-refractivity contribution is 8.18. The van der Waals surface area contributed by atoms with Crippen molar-refractivity contribution < 1.29 is 14.3 Å². The van der Waals surface area contributed by atoms with Crippen molar-refractivity contribution in [1.29, 1.82) is 0 Å². The molecule has 0 atom stereocenters. The van der Waals surface area contributed by atoms with Gasteiger partial charge in [-0.15, -0.1) is 0 Å². The van der Waals surface area contributed by atoms with E-state index in [2.05, 4.69) is 20.6 Å². The number of aromatic nitrogens is 2. The third-order valence-corrected chi connectivity index (χ3v) is 4.08. The monoisotopic (exact) mass is 356 g/mol. The molecule has 2 amide bonds. The SMILES string of the molecule is Cc1nccc(NCCOc2ccc(C=C3SC(=O)NC3=O)cc2)n1. The van der Waals surface area contributed by atoms with Crippen LogP contribution in [0.5, 0.6) is 5.75 Å². The zero-order valence-corrected chi connectivity index (χ0v) is 14.3. The first-order valence-electron chi connectivity index (χ1n) is 7.61. The van der Waals surface area contributed by atoms with Crippen LogP contribution in [-0.4, -0.2) is 34.3 Å². The van der Waals surface area contributed by atoms with Crippen molar-refractivity contribution in [2.45, 2.75) is 6.92 Å². The lowest BCUT2D eigenvalue weighted by Crippen LogP contribution is -2.17. The van der Waals surface area contributed by atoms with E-state index in [0.717, 1.165) is 28.9 Å². The Labute approximate surface area is 148 Å². The molecule has 0 bridgehead atoms. The van der Waals surface area contributed by atoms with Gasteiger partial charge in [-0.2, -0.15) is 0 Å². The number of hydrogen-bond donors (Lipinski definition) is 2. The molecule has 0 saturated carbocycles. The van der Waals surface area contributed by atoms with Gasteiger partial charge in [-0.3, -0.25) is 14.9 Å². The molecule has 1 aromatic carbocycles. The summed E-state index contributed by atoms with van der Waals surface area (Å²) in [6.45, 7) is 2.93. The second kappa shape index (κ2) is 7.80. The van der Waals surface area contributed by atoms with Gasteiger partial charge in [0.25, 0.3) is 11.1 Å². The van der Waals surface area contributed by atoms with E-state index in [0.29, 0.717) is 23.9 Å². The molecule has 2 heterocycles. The first kappa shape index (κ1) is 17.0. The van der Waals surface area contributed by atoms with Gasteiger partial charge < -0.3 is 10.1 Å². The summed E-state index contributed by atoms with van der Waals surface area (Å²) in [7, 11) is 0. The van der Waals surface area contributed by atoms with Crippen molar-refractivity contribution in [3.8, 4) is 5.75 Å². The number of thioether (sulfide) groups is 1. The van der Waals surface area contributed by atoms with Crippen LogP contribution in [0.4, 0.5) is 10.6 Å². The van der Waals surface area contributed by atoms with Crippen LogP contribution >= 0.6 is 11.8 Å². The van der Waals surface area contributed by atoms with Crippen LogP contribution in [0, 0.1) is 6.92 Å². The number of amides is 2. The number of carbonyl (C=O) groups is 2. The number of anilines is 1. The fourth-order valence-electron chi connectivity index (χ4n) is 2.14. The Morgan fingerprint density at radius 3 is 2.72 bits per heavy atom. The molecule has 2 N–H and O–H groups in total. The maximum atomic E-state index is 11.5. The summed E-state index contributed by atoms with van der Waals surface area (Å²) in [5.74, 6) is 1.84. The van der Waals surface area contributed by atoms with E-state index in [9.17, 15) is 9.59 Å². The second-order valence-corrected chi connectivity index (χ2v) is 6.20. The van der Waals surface area contributed by atoms with Gasteiger partial charge in [-0.1, -0.05) is 12.1 Å². The number of carbonyl (C=O) groups excluding carboxylic acids is 2. The standard InChI is InChI=1S/C17H16N4O3S/c1-11-18-7-6-15(20-11)19-8-9-24-13-4-2-12(3-5-13)10-14-16(22)21-17(23)25-14/h2-7,10H,8-9H2,1H3,(H,18,19,20)(H,21,22,23). The van der Waals surface area contributed by atoms with E-state index in [4.69, 9.17) is 4.74 Å². The first-order valence-corrected chi connectivity index (χ1v) is 8.43. The van der Waals surface area contributed by atoms with Gasteiger partial charge in [0.2, 0.25) is 0 Å². The minimum atomic E-state index is -0.360. The number of nitrogens with one attached hydrogen (secondary N) is 2. The van der Waals surface area contributed by atoms with E-state index in [1.54, 1.807) is 18.3 Å². The lowest BCUT2D eigenvalue weighted by atomic mass is 10.2. The van der Waals surface area contributed by atoms with Gasteiger partial charge in [-0.05, 0) is 48.5 Å². The van der Waals surface area contributed by atoms with Gasteiger partial charge in [0.1, 0.15) is 24.0 Å². The molecule has 2 aromatic rings. The molecule has 1 saturated heterocycles. The Morgan fingerprint density at radius 1 is 1.24 bits per heavy atom. The summed E-state index contributed by atoms with van der Waals surface area (Å²) in [5.41, 5.74) is 0.828. The molecular formula is C17H16N4O3S. The third kappa shape index (κ3) is 4.80. The minimum Gasteiger partial charge on any atom is -0.492 e. The predicted molar refractivity (Wildman–Crippen MR) is 96.3 cm³/mol. The Kier molecular flexibility index (Phi) is 5.30.